The summed E-state index contributed by atoms with van der Waals surface area (Å²) in [4.78, 5) is 25.4. The average Bonchev–Trinajstić information content (AvgIpc) is 3.47. The van der Waals surface area contributed by atoms with Gasteiger partial charge in [-0.2, -0.15) is 31.3 Å². The predicted octanol–water partition coefficient (Wildman–Crippen LogP) is 5.72. The number of piperazine rings is 1. The molecule has 2 aromatic heterocycles. The number of carbonyl (C=O) groups excluding carboxylic acids is 1. The van der Waals surface area contributed by atoms with E-state index in [4.69, 9.17) is 9.26 Å². The molecule has 4 aromatic rings. The molecule has 1 aliphatic rings. The molecule has 0 unspecified atom stereocenters. The first-order valence-electron chi connectivity index (χ1n) is 12.7. The van der Waals surface area contributed by atoms with Crippen LogP contribution < -0.4 is 4.74 Å². The van der Waals surface area contributed by atoms with Crippen molar-refractivity contribution in [3.05, 3.63) is 83.7 Å². The Labute approximate surface area is 235 Å². The molecule has 1 saturated heterocycles. The molecule has 0 spiro atoms. The van der Waals surface area contributed by atoms with E-state index in [1.807, 2.05) is 0 Å². The topological polar surface area (TPSA) is 84.6 Å². The van der Waals surface area contributed by atoms with Crippen molar-refractivity contribution >= 4 is 5.91 Å². The van der Waals surface area contributed by atoms with Crippen LogP contribution in [0.15, 0.2) is 71.4 Å². The van der Waals surface area contributed by atoms with Gasteiger partial charge in [0.1, 0.15) is 11.4 Å². The molecule has 0 bridgehead atoms. The van der Waals surface area contributed by atoms with E-state index in [1.54, 1.807) is 23.1 Å². The molecule has 14 heteroatoms. The molecule has 0 radical (unpaired) electrons. The van der Waals surface area contributed by atoms with Gasteiger partial charge in [0.05, 0.1) is 5.56 Å². The molecular weight excluding hydrogens is 568 g/mol. The molecule has 0 N–H and O–H groups in total. The van der Waals surface area contributed by atoms with Crippen molar-refractivity contribution < 1.29 is 40.4 Å². The Bertz CT molecular complexity index is 1510. The minimum Gasteiger partial charge on any atom is -0.484 e. The van der Waals surface area contributed by atoms with Crippen LogP contribution in [0.4, 0.5) is 26.3 Å². The highest BCUT2D eigenvalue weighted by Gasteiger charge is 2.30. The largest absolute Gasteiger partial charge is 0.484 e. The van der Waals surface area contributed by atoms with Gasteiger partial charge in [-0.15, -0.1) is 0 Å². The molecule has 5 rings (SSSR count). The van der Waals surface area contributed by atoms with E-state index in [0.29, 0.717) is 43.9 Å². The maximum absolute atomic E-state index is 13.1. The molecule has 42 heavy (non-hydrogen) atoms. The highest BCUT2D eigenvalue weighted by Crippen LogP contribution is 2.31. The smallest absolute Gasteiger partial charge is 0.422 e. The summed E-state index contributed by atoms with van der Waals surface area (Å²) in [7, 11) is 0. The molecule has 1 aliphatic heterocycles. The molecule has 0 aliphatic carbocycles. The van der Waals surface area contributed by atoms with E-state index in [-0.39, 0.29) is 29.1 Å². The van der Waals surface area contributed by atoms with Crippen LogP contribution in [0.2, 0.25) is 0 Å². The summed E-state index contributed by atoms with van der Waals surface area (Å²) < 4.78 is 85.5. The fraction of sp³-hybridized carbons (Fsp3) is 0.286. The van der Waals surface area contributed by atoms with E-state index < -0.39 is 24.5 Å². The second-order valence-electron chi connectivity index (χ2n) is 9.54. The first-order valence-corrected chi connectivity index (χ1v) is 12.7. The normalized spacial score (nSPS) is 14.7. The fourth-order valence-corrected chi connectivity index (χ4v) is 4.33. The summed E-state index contributed by atoms with van der Waals surface area (Å²) >= 11 is 0. The number of benzene rings is 2. The van der Waals surface area contributed by atoms with Gasteiger partial charge in [-0.25, -0.2) is 0 Å². The van der Waals surface area contributed by atoms with Crippen LogP contribution in [-0.2, 0) is 12.7 Å². The Morgan fingerprint density at radius 3 is 2.21 bits per heavy atom. The number of rotatable bonds is 7. The van der Waals surface area contributed by atoms with Crippen molar-refractivity contribution in [2.24, 2.45) is 0 Å². The van der Waals surface area contributed by atoms with Crippen LogP contribution in [0.5, 0.6) is 5.75 Å². The van der Waals surface area contributed by atoms with Gasteiger partial charge in [0.15, 0.2) is 6.61 Å². The van der Waals surface area contributed by atoms with Crippen LogP contribution >= 0.6 is 0 Å². The summed E-state index contributed by atoms with van der Waals surface area (Å²) in [6.07, 6.45) is -7.43. The minimum atomic E-state index is -4.46. The number of amides is 1. The fourth-order valence-electron chi connectivity index (χ4n) is 4.33. The van der Waals surface area contributed by atoms with Crippen molar-refractivity contribution in [3.63, 3.8) is 0 Å². The van der Waals surface area contributed by atoms with Gasteiger partial charge in [-0.3, -0.25) is 14.7 Å². The number of carbonyl (C=O) groups is 1. The van der Waals surface area contributed by atoms with Crippen LogP contribution in [0.25, 0.3) is 22.8 Å². The lowest BCUT2D eigenvalue weighted by molar-refractivity contribution is -0.153. The molecular formula is C28H23F6N5O3. The number of ether oxygens (including phenoxy) is 1. The Morgan fingerprint density at radius 2 is 1.57 bits per heavy atom. The van der Waals surface area contributed by atoms with Gasteiger partial charge in [0.25, 0.3) is 11.8 Å². The third-order valence-corrected chi connectivity index (χ3v) is 6.51. The number of hydrogen-bond acceptors (Lipinski definition) is 7. The minimum absolute atomic E-state index is 0.0843. The lowest BCUT2D eigenvalue weighted by Crippen LogP contribution is -2.48. The summed E-state index contributed by atoms with van der Waals surface area (Å²) in [5.41, 5.74) is 1.05. The Hall–Kier alpha value is -4.46. The molecule has 220 valence electrons. The van der Waals surface area contributed by atoms with Crippen molar-refractivity contribution in [3.8, 4) is 28.6 Å². The Morgan fingerprint density at radius 1 is 0.881 bits per heavy atom. The van der Waals surface area contributed by atoms with E-state index >= 15 is 0 Å². The number of nitrogens with zero attached hydrogens (tertiary/aromatic N) is 5. The van der Waals surface area contributed by atoms with Gasteiger partial charge in [-0.1, -0.05) is 29.4 Å². The molecule has 3 heterocycles. The van der Waals surface area contributed by atoms with Crippen LogP contribution in [0.1, 0.15) is 21.6 Å². The van der Waals surface area contributed by atoms with Crippen molar-refractivity contribution in [1.82, 2.24) is 24.9 Å². The third kappa shape index (κ3) is 7.24. The molecule has 1 amide bonds. The van der Waals surface area contributed by atoms with Crippen molar-refractivity contribution in [1.29, 1.82) is 0 Å². The Kier molecular flexibility index (Phi) is 8.16. The SMILES string of the molecule is O=C(c1cc(-c2nc(-c3ccc(C(F)(F)F)cc3)no2)ccn1)N1CCN(Cc2ccc(OCC(F)(F)F)cc2)CC1. The van der Waals surface area contributed by atoms with Gasteiger partial charge < -0.3 is 14.2 Å². The first kappa shape index (κ1) is 29.0. The highest BCUT2D eigenvalue weighted by molar-refractivity contribution is 5.93. The summed E-state index contributed by atoms with van der Waals surface area (Å²) in [5.74, 6) is 0.0340. The second kappa shape index (κ2) is 11.8. The van der Waals surface area contributed by atoms with Gasteiger partial charge in [-0.05, 0) is 42.0 Å². The third-order valence-electron chi connectivity index (χ3n) is 6.51. The zero-order valence-corrected chi connectivity index (χ0v) is 21.8. The van der Waals surface area contributed by atoms with Gasteiger partial charge in [0.2, 0.25) is 5.82 Å². The quantitative estimate of drug-likeness (QED) is 0.255. The van der Waals surface area contributed by atoms with Crippen LogP contribution in [0.3, 0.4) is 0 Å². The van der Waals surface area contributed by atoms with Crippen LogP contribution in [-0.4, -0.2) is 69.8 Å². The molecule has 1 fully saturated rings. The molecule has 8 nitrogen and oxygen atoms in total. The number of halogens is 6. The maximum atomic E-state index is 13.1. The van der Waals surface area contributed by atoms with Crippen molar-refractivity contribution in [2.45, 2.75) is 18.9 Å². The van der Waals surface area contributed by atoms with Crippen LogP contribution in [0, 0.1) is 0 Å². The monoisotopic (exact) mass is 591 g/mol. The summed E-state index contributed by atoms with van der Waals surface area (Å²) in [6.45, 7) is 1.26. The average molecular weight is 592 g/mol. The van der Waals surface area contributed by atoms with E-state index in [9.17, 15) is 31.1 Å². The van der Waals surface area contributed by atoms with Gasteiger partial charge >= 0.3 is 12.4 Å². The zero-order chi connectivity index (χ0) is 29.9. The number of aromatic nitrogens is 3. The summed E-state index contributed by atoms with van der Waals surface area (Å²) in [6, 6.07) is 13.9. The molecule has 0 atom stereocenters. The van der Waals surface area contributed by atoms with Gasteiger partial charge in [0, 0.05) is 50.0 Å². The maximum Gasteiger partial charge on any atom is 0.422 e. The van der Waals surface area contributed by atoms with E-state index in [2.05, 4.69) is 20.0 Å². The molecule has 0 saturated carbocycles. The lowest BCUT2D eigenvalue weighted by atomic mass is 10.1. The zero-order valence-electron chi connectivity index (χ0n) is 21.8. The number of pyridine rings is 1. The van der Waals surface area contributed by atoms with E-state index in [1.165, 1.54) is 36.5 Å². The lowest BCUT2D eigenvalue weighted by Gasteiger charge is -2.34. The number of alkyl halides is 6. The number of hydrogen-bond donors (Lipinski definition) is 0. The van der Waals surface area contributed by atoms with Crippen molar-refractivity contribution in [2.75, 3.05) is 32.8 Å². The second-order valence-corrected chi connectivity index (χ2v) is 9.54. The Balaban J connectivity index is 1.16. The molecule has 2 aromatic carbocycles. The predicted molar refractivity (Wildman–Crippen MR) is 137 cm³/mol. The highest BCUT2D eigenvalue weighted by atomic mass is 19.4. The first-order chi connectivity index (χ1) is 19.9. The standard InChI is InChI=1S/C28H23F6N5O3/c29-27(30,31)17-41-22-7-1-18(2-8-22)16-38-11-13-39(14-12-38)26(40)23-15-20(9-10-35-23)25-36-24(37-42-25)19-3-5-21(6-4-19)28(32,33)34/h1-10,15H,11-14,16-17H2. The van der Waals surface area contributed by atoms with E-state index in [0.717, 1.165) is 17.7 Å². The summed E-state index contributed by atoms with van der Waals surface area (Å²) in [5, 5.41) is 3.84.